The van der Waals surface area contributed by atoms with E-state index in [2.05, 4.69) is 22.1 Å². The van der Waals surface area contributed by atoms with E-state index in [1.54, 1.807) is 6.07 Å². The van der Waals surface area contributed by atoms with E-state index in [1.165, 1.54) is 0 Å². The fraction of sp³-hybridized carbons (Fsp3) is 0.250. The first-order chi connectivity index (χ1) is 5.81. The highest BCUT2D eigenvalue weighted by Crippen LogP contribution is 2.16. The number of aromatic amines is 1. The maximum atomic E-state index is 5.71. The molecule has 1 N–H and O–H groups in total. The van der Waals surface area contributed by atoms with Gasteiger partial charge < -0.3 is 0 Å². The van der Waals surface area contributed by atoms with Crippen LogP contribution in [0.3, 0.4) is 0 Å². The number of nitrogens with zero attached hydrogens (tertiary/aromatic N) is 2. The first kappa shape index (κ1) is 7.55. The van der Waals surface area contributed by atoms with Crippen LogP contribution < -0.4 is 0 Å². The molecule has 0 aliphatic heterocycles. The summed E-state index contributed by atoms with van der Waals surface area (Å²) in [6.07, 6.45) is 0.930. The van der Waals surface area contributed by atoms with E-state index >= 15 is 0 Å². The number of rotatable bonds is 1. The lowest BCUT2D eigenvalue weighted by atomic mass is 10.2. The van der Waals surface area contributed by atoms with Gasteiger partial charge in [0.2, 0.25) is 0 Å². The second kappa shape index (κ2) is 2.75. The zero-order valence-electron chi connectivity index (χ0n) is 6.63. The van der Waals surface area contributed by atoms with Crippen LogP contribution in [0.25, 0.3) is 11.0 Å². The van der Waals surface area contributed by atoms with Crippen molar-refractivity contribution in [3.8, 4) is 0 Å². The topological polar surface area (TPSA) is 41.6 Å². The zero-order valence-corrected chi connectivity index (χ0v) is 7.39. The fourth-order valence-corrected chi connectivity index (χ4v) is 1.34. The molecule has 0 bridgehead atoms. The van der Waals surface area contributed by atoms with Crippen LogP contribution in [-0.4, -0.2) is 15.2 Å². The number of fused-ring (bicyclic) bond motifs is 1. The van der Waals surface area contributed by atoms with Crippen molar-refractivity contribution in [1.29, 1.82) is 0 Å². The Morgan fingerprint density at radius 2 is 2.33 bits per heavy atom. The Kier molecular flexibility index (Phi) is 1.73. The maximum Gasteiger partial charge on any atom is 0.182 e. The molecular weight excluding hydrogens is 174 g/mol. The van der Waals surface area contributed by atoms with Crippen molar-refractivity contribution < 1.29 is 0 Å². The Bertz CT molecular complexity index is 408. The van der Waals surface area contributed by atoms with Gasteiger partial charge in [-0.25, -0.2) is 4.98 Å². The van der Waals surface area contributed by atoms with E-state index in [4.69, 9.17) is 11.6 Å². The van der Waals surface area contributed by atoms with Crippen LogP contribution in [-0.2, 0) is 6.42 Å². The summed E-state index contributed by atoms with van der Waals surface area (Å²) < 4.78 is 0. The minimum absolute atomic E-state index is 0.483. The number of halogens is 1. The van der Waals surface area contributed by atoms with Gasteiger partial charge in [-0.05, 0) is 18.6 Å². The van der Waals surface area contributed by atoms with E-state index in [1.807, 2.05) is 6.07 Å². The zero-order chi connectivity index (χ0) is 8.55. The molecule has 2 heterocycles. The number of aryl methyl sites for hydroxylation is 1. The van der Waals surface area contributed by atoms with Crippen LogP contribution in [0.15, 0.2) is 12.1 Å². The molecule has 0 aliphatic rings. The van der Waals surface area contributed by atoms with Gasteiger partial charge in [-0.1, -0.05) is 18.5 Å². The largest absolute Gasteiger partial charge is 0.280 e. The molecule has 0 atom stereocenters. The molecule has 3 nitrogen and oxygen atoms in total. The molecule has 0 spiro atoms. The Hall–Kier alpha value is -1.09. The minimum Gasteiger partial charge on any atom is -0.280 e. The third kappa shape index (κ3) is 1.06. The van der Waals surface area contributed by atoms with Gasteiger partial charge in [-0.3, -0.25) is 5.10 Å². The van der Waals surface area contributed by atoms with Gasteiger partial charge >= 0.3 is 0 Å². The Morgan fingerprint density at radius 1 is 1.50 bits per heavy atom. The quantitative estimate of drug-likeness (QED) is 0.686. The SMILES string of the molecule is CCc1[nH]nc2nc(Cl)ccc12. The van der Waals surface area contributed by atoms with E-state index < -0.39 is 0 Å². The number of H-pyrrole nitrogens is 1. The fourth-order valence-electron chi connectivity index (χ4n) is 1.20. The van der Waals surface area contributed by atoms with Gasteiger partial charge in [-0.15, -0.1) is 0 Å². The molecular formula is C8H8ClN3. The smallest absolute Gasteiger partial charge is 0.182 e. The first-order valence-electron chi connectivity index (χ1n) is 3.80. The summed E-state index contributed by atoms with van der Waals surface area (Å²) >= 11 is 5.71. The lowest BCUT2D eigenvalue weighted by Gasteiger charge is -1.90. The Labute approximate surface area is 74.8 Å². The van der Waals surface area contributed by atoms with Crippen molar-refractivity contribution in [1.82, 2.24) is 15.2 Å². The summed E-state index contributed by atoms with van der Waals surface area (Å²) in [7, 11) is 0. The van der Waals surface area contributed by atoms with Crippen molar-refractivity contribution in [2.45, 2.75) is 13.3 Å². The summed E-state index contributed by atoms with van der Waals surface area (Å²) in [4.78, 5) is 4.07. The molecule has 62 valence electrons. The van der Waals surface area contributed by atoms with Crippen molar-refractivity contribution in [2.75, 3.05) is 0 Å². The van der Waals surface area contributed by atoms with E-state index in [-0.39, 0.29) is 0 Å². The normalized spacial score (nSPS) is 10.8. The Balaban J connectivity index is 2.73. The second-order valence-corrected chi connectivity index (χ2v) is 2.95. The van der Waals surface area contributed by atoms with Crippen molar-refractivity contribution in [3.63, 3.8) is 0 Å². The van der Waals surface area contributed by atoms with Crippen molar-refractivity contribution in [2.24, 2.45) is 0 Å². The van der Waals surface area contributed by atoms with E-state index in [0.29, 0.717) is 10.8 Å². The predicted molar refractivity (Wildman–Crippen MR) is 48.3 cm³/mol. The monoisotopic (exact) mass is 181 g/mol. The molecule has 4 heteroatoms. The number of hydrogen-bond acceptors (Lipinski definition) is 2. The molecule has 2 rings (SSSR count). The third-order valence-electron chi connectivity index (χ3n) is 1.82. The highest BCUT2D eigenvalue weighted by atomic mass is 35.5. The van der Waals surface area contributed by atoms with Crippen molar-refractivity contribution in [3.05, 3.63) is 23.0 Å². The summed E-state index contributed by atoms with van der Waals surface area (Å²) in [6.45, 7) is 2.07. The van der Waals surface area contributed by atoms with Crippen LogP contribution in [0.4, 0.5) is 0 Å². The molecule has 12 heavy (non-hydrogen) atoms. The number of pyridine rings is 1. The third-order valence-corrected chi connectivity index (χ3v) is 2.03. The predicted octanol–water partition coefficient (Wildman–Crippen LogP) is 2.17. The van der Waals surface area contributed by atoms with Crippen LogP contribution in [0.2, 0.25) is 5.15 Å². The molecule has 0 fully saturated rings. The molecule has 0 aromatic carbocycles. The molecule has 0 saturated carbocycles. The molecule has 0 amide bonds. The molecule has 0 saturated heterocycles. The number of aromatic nitrogens is 3. The van der Waals surface area contributed by atoms with Gasteiger partial charge in [0.15, 0.2) is 5.65 Å². The number of nitrogens with one attached hydrogen (secondary N) is 1. The van der Waals surface area contributed by atoms with E-state index in [9.17, 15) is 0 Å². The van der Waals surface area contributed by atoms with Gasteiger partial charge in [0.05, 0.1) is 0 Å². The molecule has 0 aliphatic carbocycles. The summed E-state index contributed by atoms with van der Waals surface area (Å²) in [5, 5.41) is 8.49. The van der Waals surface area contributed by atoms with E-state index in [0.717, 1.165) is 17.5 Å². The second-order valence-electron chi connectivity index (χ2n) is 2.56. The Morgan fingerprint density at radius 3 is 3.08 bits per heavy atom. The van der Waals surface area contributed by atoms with Gasteiger partial charge in [0.1, 0.15) is 5.15 Å². The van der Waals surface area contributed by atoms with Crippen LogP contribution in [0.5, 0.6) is 0 Å². The molecule has 0 unspecified atom stereocenters. The lowest BCUT2D eigenvalue weighted by molar-refractivity contribution is 0.983. The average Bonchev–Trinajstić information content (AvgIpc) is 2.46. The lowest BCUT2D eigenvalue weighted by Crippen LogP contribution is -1.79. The molecule has 2 aromatic heterocycles. The average molecular weight is 182 g/mol. The summed E-state index contributed by atoms with van der Waals surface area (Å²) in [5.41, 5.74) is 1.80. The first-order valence-corrected chi connectivity index (χ1v) is 4.18. The maximum absolute atomic E-state index is 5.71. The minimum atomic E-state index is 0.483. The summed E-state index contributed by atoms with van der Waals surface area (Å²) in [6, 6.07) is 3.71. The van der Waals surface area contributed by atoms with Gasteiger partial charge in [-0.2, -0.15) is 5.10 Å². The highest BCUT2D eigenvalue weighted by molar-refractivity contribution is 6.29. The standard InChI is InChI=1S/C8H8ClN3/c1-2-6-5-3-4-7(9)10-8(5)12-11-6/h3-4H,2H2,1H3,(H,10,11,12). The summed E-state index contributed by atoms with van der Waals surface area (Å²) in [5.74, 6) is 0. The molecule has 0 radical (unpaired) electrons. The van der Waals surface area contributed by atoms with Crippen LogP contribution in [0, 0.1) is 0 Å². The van der Waals surface area contributed by atoms with Gasteiger partial charge in [0.25, 0.3) is 0 Å². The van der Waals surface area contributed by atoms with Gasteiger partial charge in [0, 0.05) is 11.1 Å². The highest BCUT2D eigenvalue weighted by Gasteiger charge is 2.03. The molecule has 2 aromatic rings. The van der Waals surface area contributed by atoms with Crippen LogP contribution >= 0.6 is 11.6 Å². The van der Waals surface area contributed by atoms with Crippen molar-refractivity contribution >= 4 is 22.6 Å². The number of hydrogen-bond donors (Lipinski definition) is 1. The van der Waals surface area contributed by atoms with Crippen LogP contribution in [0.1, 0.15) is 12.6 Å².